The molecular formula is C34H21N5. The lowest BCUT2D eigenvalue weighted by Crippen LogP contribution is -2.01. The summed E-state index contributed by atoms with van der Waals surface area (Å²) < 4.78 is 2.24. The van der Waals surface area contributed by atoms with E-state index >= 15 is 0 Å². The molecule has 2 heterocycles. The lowest BCUT2D eigenvalue weighted by molar-refractivity contribution is 1.07. The minimum absolute atomic E-state index is 0.612. The number of rotatable bonds is 4. The van der Waals surface area contributed by atoms with Gasteiger partial charge in [-0.2, -0.15) is 0 Å². The minimum atomic E-state index is 0.612. The number of hydrogen-bond donors (Lipinski definition) is 0. The number of para-hydroxylation sites is 1. The molecule has 0 bridgehead atoms. The van der Waals surface area contributed by atoms with Crippen molar-refractivity contribution < 1.29 is 0 Å². The molecule has 0 radical (unpaired) electrons. The first-order chi connectivity index (χ1) is 19.3. The van der Waals surface area contributed by atoms with Crippen molar-refractivity contribution in [2.24, 2.45) is 0 Å². The van der Waals surface area contributed by atoms with Crippen LogP contribution in [0.1, 0.15) is 0 Å². The van der Waals surface area contributed by atoms with Crippen molar-refractivity contribution in [1.29, 1.82) is 0 Å². The van der Waals surface area contributed by atoms with E-state index < -0.39 is 0 Å². The first kappa shape index (κ1) is 22.6. The summed E-state index contributed by atoms with van der Waals surface area (Å²) in [5.74, 6) is 1.88. The summed E-state index contributed by atoms with van der Waals surface area (Å²) in [6.45, 7) is 7.48. The Morgan fingerprint density at radius 3 is 1.72 bits per heavy atom. The summed E-state index contributed by atoms with van der Waals surface area (Å²) in [5.41, 5.74) is 6.53. The van der Waals surface area contributed by atoms with Crippen LogP contribution in [-0.2, 0) is 0 Å². The Morgan fingerprint density at radius 2 is 1.05 bits per heavy atom. The van der Waals surface area contributed by atoms with E-state index in [0.29, 0.717) is 23.2 Å². The fraction of sp³-hybridized carbons (Fsp3) is 0. The second kappa shape index (κ2) is 9.37. The second-order valence-electron chi connectivity index (χ2n) is 9.25. The number of nitrogens with zero attached hydrogens (tertiary/aromatic N) is 5. The van der Waals surface area contributed by atoms with Crippen LogP contribution in [0.4, 0.5) is 5.69 Å². The largest absolute Gasteiger partial charge is 0.309 e. The van der Waals surface area contributed by atoms with Crippen LogP contribution in [-0.4, -0.2) is 19.5 Å². The van der Waals surface area contributed by atoms with E-state index in [9.17, 15) is 0 Å². The molecule has 0 spiro atoms. The molecule has 182 valence electrons. The van der Waals surface area contributed by atoms with Gasteiger partial charge in [-0.25, -0.2) is 19.8 Å². The zero-order valence-electron chi connectivity index (χ0n) is 20.9. The van der Waals surface area contributed by atoms with Gasteiger partial charge in [0.2, 0.25) is 0 Å². The molecule has 0 aliphatic rings. The van der Waals surface area contributed by atoms with E-state index in [1.54, 1.807) is 0 Å². The summed E-state index contributed by atoms with van der Waals surface area (Å²) in [4.78, 5) is 18.3. The highest BCUT2D eigenvalue weighted by atomic mass is 15.0. The Balaban J connectivity index is 1.44. The monoisotopic (exact) mass is 499 g/mol. The summed E-state index contributed by atoms with van der Waals surface area (Å²) in [5, 5.41) is 2.17. The number of hydrogen-bond acceptors (Lipinski definition) is 3. The Hall–Kier alpha value is -5.60. The molecule has 0 saturated carbocycles. The van der Waals surface area contributed by atoms with Crippen molar-refractivity contribution >= 4 is 27.5 Å². The predicted octanol–water partition coefficient (Wildman–Crippen LogP) is 8.52. The van der Waals surface area contributed by atoms with Gasteiger partial charge < -0.3 is 4.57 Å². The minimum Gasteiger partial charge on any atom is -0.309 e. The van der Waals surface area contributed by atoms with Gasteiger partial charge in [-0.3, -0.25) is 0 Å². The highest BCUT2D eigenvalue weighted by Gasteiger charge is 2.15. The third kappa shape index (κ3) is 4.01. The molecule has 7 aromatic rings. The van der Waals surface area contributed by atoms with Gasteiger partial charge in [0, 0.05) is 27.8 Å². The summed E-state index contributed by atoms with van der Waals surface area (Å²) >= 11 is 0. The molecule has 0 unspecified atom stereocenters. The van der Waals surface area contributed by atoms with E-state index in [4.69, 9.17) is 21.5 Å². The molecule has 5 nitrogen and oxygen atoms in total. The SMILES string of the molecule is [C-]#[N+]c1ccc2c(c1)c1ccccc1n2-c1cccc(-c2nc(-c3ccccc3)nc(-c3ccccc3)n2)c1. The number of aromatic nitrogens is 4. The molecule has 0 aliphatic heterocycles. The smallest absolute Gasteiger partial charge is 0.188 e. The van der Waals surface area contributed by atoms with Crippen LogP contribution in [0.25, 0.3) is 66.5 Å². The molecule has 0 amide bonds. The second-order valence-corrected chi connectivity index (χ2v) is 9.25. The first-order valence-electron chi connectivity index (χ1n) is 12.7. The van der Waals surface area contributed by atoms with Gasteiger partial charge >= 0.3 is 0 Å². The van der Waals surface area contributed by atoms with Crippen molar-refractivity contribution in [2.75, 3.05) is 0 Å². The molecule has 0 N–H and O–H groups in total. The van der Waals surface area contributed by atoms with Crippen LogP contribution in [0.3, 0.4) is 0 Å². The molecule has 0 atom stereocenters. The predicted molar refractivity (Wildman–Crippen MR) is 157 cm³/mol. The summed E-state index contributed by atoms with van der Waals surface area (Å²) in [7, 11) is 0. The quantitative estimate of drug-likeness (QED) is 0.228. The number of benzene rings is 5. The Labute approximate surface area is 225 Å². The highest BCUT2D eigenvalue weighted by Crippen LogP contribution is 2.35. The highest BCUT2D eigenvalue weighted by molar-refractivity contribution is 6.10. The lowest BCUT2D eigenvalue weighted by Gasteiger charge is -2.11. The third-order valence-corrected chi connectivity index (χ3v) is 6.85. The maximum Gasteiger partial charge on any atom is 0.188 e. The van der Waals surface area contributed by atoms with Crippen LogP contribution >= 0.6 is 0 Å². The maximum absolute atomic E-state index is 7.48. The first-order valence-corrected chi connectivity index (χ1v) is 12.7. The Bertz CT molecular complexity index is 1960. The average molecular weight is 500 g/mol. The van der Waals surface area contributed by atoms with Crippen molar-refractivity contribution in [1.82, 2.24) is 19.5 Å². The van der Waals surface area contributed by atoms with E-state index in [1.165, 1.54) is 0 Å². The normalized spacial score (nSPS) is 11.1. The van der Waals surface area contributed by atoms with Crippen LogP contribution in [0.15, 0.2) is 127 Å². The van der Waals surface area contributed by atoms with Crippen LogP contribution < -0.4 is 0 Å². The van der Waals surface area contributed by atoms with Crippen LogP contribution in [0.5, 0.6) is 0 Å². The van der Waals surface area contributed by atoms with E-state index in [-0.39, 0.29) is 0 Å². The van der Waals surface area contributed by atoms with Gasteiger partial charge in [-0.05, 0) is 35.7 Å². The van der Waals surface area contributed by atoms with Gasteiger partial charge in [0.1, 0.15) is 0 Å². The molecular weight excluding hydrogens is 478 g/mol. The summed E-state index contributed by atoms with van der Waals surface area (Å²) in [6, 6.07) is 42.4. The van der Waals surface area contributed by atoms with Crippen molar-refractivity contribution in [3.05, 3.63) is 139 Å². The van der Waals surface area contributed by atoms with E-state index in [2.05, 4.69) is 33.7 Å². The molecule has 7 rings (SSSR count). The van der Waals surface area contributed by atoms with Crippen molar-refractivity contribution in [3.8, 4) is 39.9 Å². The molecule has 39 heavy (non-hydrogen) atoms. The van der Waals surface area contributed by atoms with E-state index in [1.807, 2.05) is 103 Å². The van der Waals surface area contributed by atoms with Gasteiger partial charge in [0.25, 0.3) is 0 Å². The molecule has 0 saturated heterocycles. The van der Waals surface area contributed by atoms with Crippen LogP contribution in [0.2, 0.25) is 0 Å². The molecule has 2 aromatic heterocycles. The fourth-order valence-corrected chi connectivity index (χ4v) is 5.03. The van der Waals surface area contributed by atoms with Crippen molar-refractivity contribution in [2.45, 2.75) is 0 Å². The molecule has 0 aliphatic carbocycles. The molecule has 5 aromatic carbocycles. The van der Waals surface area contributed by atoms with Crippen LogP contribution in [0, 0.1) is 6.57 Å². The lowest BCUT2D eigenvalue weighted by atomic mass is 10.1. The van der Waals surface area contributed by atoms with Gasteiger partial charge in [0.05, 0.1) is 17.6 Å². The van der Waals surface area contributed by atoms with Gasteiger partial charge in [-0.1, -0.05) is 97.1 Å². The fourth-order valence-electron chi connectivity index (χ4n) is 5.03. The molecule has 5 heteroatoms. The summed E-state index contributed by atoms with van der Waals surface area (Å²) in [6.07, 6.45) is 0. The standard InChI is InChI=1S/C34H21N5/c1-35-26-19-20-31-29(22-26)28-17-8-9-18-30(28)39(31)27-16-10-15-25(21-27)34-37-32(23-11-4-2-5-12-23)36-33(38-34)24-13-6-3-7-14-24/h2-22H. The topological polar surface area (TPSA) is 48.0 Å². The van der Waals surface area contributed by atoms with Crippen molar-refractivity contribution in [3.63, 3.8) is 0 Å². The van der Waals surface area contributed by atoms with E-state index in [0.717, 1.165) is 44.2 Å². The zero-order valence-corrected chi connectivity index (χ0v) is 20.9. The molecule has 0 fully saturated rings. The third-order valence-electron chi connectivity index (χ3n) is 6.85. The maximum atomic E-state index is 7.48. The Kier molecular flexibility index (Phi) is 5.42. The average Bonchev–Trinajstić information content (AvgIpc) is 3.35. The number of fused-ring (bicyclic) bond motifs is 3. The van der Waals surface area contributed by atoms with Gasteiger partial charge in [0.15, 0.2) is 23.2 Å². The van der Waals surface area contributed by atoms with Gasteiger partial charge in [-0.15, -0.1) is 0 Å². The zero-order chi connectivity index (χ0) is 26.2. The Morgan fingerprint density at radius 1 is 0.487 bits per heavy atom.